The number of aryl methyl sites for hydroxylation is 3. The van der Waals surface area contributed by atoms with Crippen molar-refractivity contribution in [3.05, 3.63) is 28.7 Å². The van der Waals surface area contributed by atoms with E-state index in [4.69, 9.17) is 0 Å². The molecule has 26 heavy (non-hydrogen) atoms. The van der Waals surface area contributed by atoms with E-state index in [0.29, 0.717) is 31.5 Å². The van der Waals surface area contributed by atoms with Crippen LogP contribution in [0.3, 0.4) is 0 Å². The van der Waals surface area contributed by atoms with E-state index in [1.54, 1.807) is 0 Å². The number of nitrogens with one attached hydrogen (secondary N) is 1. The van der Waals surface area contributed by atoms with Gasteiger partial charge in [0.2, 0.25) is 5.91 Å². The van der Waals surface area contributed by atoms with Gasteiger partial charge in [-0.05, 0) is 60.5 Å². The van der Waals surface area contributed by atoms with Crippen LogP contribution in [0.4, 0.5) is 0 Å². The first-order valence-corrected chi connectivity index (χ1v) is 9.55. The van der Waals surface area contributed by atoms with E-state index < -0.39 is 0 Å². The van der Waals surface area contributed by atoms with Crippen molar-refractivity contribution in [3.8, 4) is 0 Å². The predicted molar refractivity (Wildman–Crippen MR) is 106 cm³/mol. The third-order valence-electron chi connectivity index (χ3n) is 4.91. The molecule has 0 aliphatic rings. The smallest absolute Gasteiger partial charge is 0.220 e. The highest BCUT2D eigenvalue weighted by Crippen LogP contribution is 2.17. The molecule has 0 saturated heterocycles. The monoisotopic (exact) mass is 359 g/mol. The van der Waals surface area contributed by atoms with Crippen LogP contribution in [0, 0.1) is 20.8 Å². The van der Waals surface area contributed by atoms with Crippen LogP contribution in [-0.2, 0) is 11.2 Å². The van der Waals surface area contributed by atoms with E-state index in [1.165, 1.54) is 0 Å². The molecule has 2 aromatic heterocycles. The number of carbonyl (C=O) groups is 1. The van der Waals surface area contributed by atoms with Crippen LogP contribution in [0.15, 0.2) is 6.07 Å². The fourth-order valence-electron chi connectivity index (χ4n) is 3.57. The Morgan fingerprint density at radius 1 is 1.19 bits per heavy atom. The molecular formula is C20H33N5O. The Morgan fingerprint density at radius 3 is 2.46 bits per heavy atom. The number of fused-ring (bicyclic) bond motifs is 1. The lowest BCUT2D eigenvalue weighted by molar-refractivity contribution is -0.121. The molecule has 6 heteroatoms. The SMILES string of the molecule is Cc1cc2nc(C)c(CCC(=O)NCCN(C(C)C)C(C)C)c(C)n2n1. The van der Waals surface area contributed by atoms with Gasteiger partial charge in [0.25, 0.3) is 0 Å². The molecule has 0 atom stereocenters. The molecule has 6 nitrogen and oxygen atoms in total. The Morgan fingerprint density at radius 2 is 1.85 bits per heavy atom. The molecule has 0 aromatic carbocycles. The fraction of sp³-hybridized carbons (Fsp3) is 0.650. The van der Waals surface area contributed by atoms with Crippen LogP contribution in [-0.4, -0.2) is 50.6 Å². The van der Waals surface area contributed by atoms with Gasteiger partial charge >= 0.3 is 0 Å². The lowest BCUT2D eigenvalue weighted by atomic mass is 10.1. The first-order valence-electron chi connectivity index (χ1n) is 9.55. The molecule has 2 heterocycles. The largest absolute Gasteiger partial charge is 0.355 e. The van der Waals surface area contributed by atoms with Gasteiger partial charge in [-0.2, -0.15) is 5.10 Å². The maximum atomic E-state index is 12.3. The van der Waals surface area contributed by atoms with Gasteiger partial charge in [-0.25, -0.2) is 9.50 Å². The molecule has 2 aromatic rings. The van der Waals surface area contributed by atoms with Gasteiger partial charge in [-0.3, -0.25) is 9.69 Å². The third-order valence-corrected chi connectivity index (χ3v) is 4.91. The molecule has 0 saturated carbocycles. The van der Waals surface area contributed by atoms with E-state index in [0.717, 1.165) is 34.8 Å². The van der Waals surface area contributed by atoms with Crippen LogP contribution >= 0.6 is 0 Å². The van der Waals surface area contributed by atoms with Crippen molar-refractivity contribution in [3.63, 3.8) is 0 Å². The quantitative estimate of drug-likeness (QED) is 0.787. The maximum Gasteiger partial charge on any atom is 0.220 e. The summed E-state index contributed by atoms with van der Waals surface area (Å²) in [6.45, 7) is 16.3. The van der Waals surface area contributed by atoms with Crippen molar-refractivity contribution in [2.75, 3.05) is 13.1 Å². The Labute approximate surface area is 157 Å². The number of aromatic nitrogens is 3. The van der Waals surface area contributed by atoms with Crippen molar-refractivity contribution in [1.29, 1.82) is 0 Å². The van der Waals surface area contributed by atoms with E-state index in [1.807, 2.05) is 31.4 Å². The Balaban J connectivity index is 1.92. The Hall–Kier alpha value is -1.95. The van der Waals surface area contributed by atoms with Crippen LogP contribution in [0.25, 0.3) is 5.65 Å². The highest BCUT2D eigenvalue weighted by Gasteiger charge is 2.15. The molecule has 0 unspecified atom stereocenters. The van der Waals surface area contributed by atoms with Crippen molar-refractivity contribution in [2.45, 2.75) is 73.4 Å². The number of amides is 1. The number of nitrogens with zero attached hydrogens (tertiary/aromatic N) is 4. The van der Waals surface area contributed by atoms with Crippen LogP contribution < -0.4 is 5.32 Å². The predicted octanol–water partition coefficient (Wildman–Crippen LogP) is 2.82. The van der Waals surface area contributed by atoms with Gasteiger partial charge in [0.05, 0.1) is 5.69 Å². The number of rotatable bonds is 8. The van der Waals surface area contributed by atoms with Crippen molar-refractivity contribution >= 4 is 11.6 Å². The summed E-state index contributed by atoms with van der Waals surface area (Å²) in [7, 11) is 0. The van der Waals surface area contributed by atoms with E-state index >= 15 is 0 Å². The van der Waals surface area contributed by atoms with Gasteiger partial charge < -0.3 is 5.32 Å². The zero-order valence-corrected chi connectivity index (χ0v) is 17.3. The Kier molecular flexibility index (Phi) is 6.75. The van der Waals surface area contributed by atoms with E-state index in [2.05, 4.69) is 48.0 Å². The van der Waals surface area contributed by atoms with Crippen LogP contribution in [0.2, 0.25) is 0 Å². The molecule has 0 fully saturated rings. The summed E-state index contributed by atoms with van der Waals surface area (Å²) in [6, 6.07) is 2.94. The lowest BCUT2D eigenvalue weighted by Crippen LogP contribution is -2.42. The first kappa shape index (κ1) is 20.4. The lowest BCUT2D eigenvalue weighted by Gasteiger charge is -2.30. The molecule has 2 rings (SSSR count). The summed E-state index contributed by atoms with van der Waals surface area (Å²) in [6.07, 6.45) is 1.15. The van der Waals surface area contributed by atoms with Gasteiger partial charge in [0.15, 0.2) is 5.65 Å². The summed E-state index contributed by atoms with van der Waals surface area (Å²) < 4.78 is 1.87. The molecule has 144 valence electrons. The van der Waals surface area contributed by atoms with Crippen LogP contribution in [0.5, 0.6) is 0 Å². The molecule has 0 spiro atoms. The number of hydrogen-bond donors (Lipinski definition) is 1. The minimum Gasteiger partial charge on any atom is -0.355 e. The van der Waals surface area contributed by atoms with Crippen molar-refractivity contribution < 1.29 is 4.79 Å². The van der Waals surface area contributed by atoms with Gasteiger partial charge in [-0.15, -0.1) is 0 Å². The first-order chi connectivity index (χ1) is 12.2. The third kappa shape index (κ3) is 4.81. The topological polar surface area (TPSA) is 62.5 Å². The number of hydrogen-bond acceptors (Lipinski definition) is 4. The van der Waals surface area contributed by atoms with Gasteiger partial charge in [0, 0.05) is 49.0 Å². The summed E-state index contributed by atoms with van der Waals surface area (Å²) in [5, 5.41) is 7.54. The molecule has 1 N–H and O–H groups in total. The second-order valence-corrected chi connectivity index (χ2v) is 7.59. The standard InChI is InChI=1S/C20H33N5O/c1-13(2)24(14(3)4)11-10-21-20(26)9-8-18-16(6)22-19-12-15(5)23-25(19)17(18)7/h12-14H,8-11H2,1-7H3,(H,21,26). The van der Waals surface area contributed by atoms with Crippen molar-refractivity contribution in [2.24, 2.45) is 0 Å². The second kappa shape index (κ2) is 8.62. The zero-order chi connectivity index (χ0) is 19.4. The summed E-state index contributed by atoms with van der Waals surface area (Å²) >= 11 is 0. The average molecular weight is 360 g/mol. The number of carbonyl (C=O) groups excluding carboxylic acids is 1. The van der Waals surface area contributed by atoms with E-state index in [-0.39, 0.29) is 5.91 Å². The normalized spacial score (nSPS) is 11.9. The molecule has 0 aliphatic carbocycles. The summed E-state index contributed by atoms with van der Waals surface area (Å²) in [4.78, 5) is 19.3. The minimum atomic E-state index is 0.0907. The Bertz CT molecular complexity index is 755. The fourth-order valence-corrected chi connectivity index (χ4v) is 3.57. The van der Waals surface area contributed by atoms with Gasteiger partial charge in [0.1, 0.15) is 0 Å². The van der Waals surface area contributed by atoms with Crippen LogP contribution in [0.1, 0.15) is 56.8 Å². The zero-order valence-electron chi connectivity index (χ0n) is 17.3. The maximum absolute atomic E-state index is 12.3. The summed E-state index contributed by atoms with van der Waals surface area (Å²) in [5.41, 5.74) is 4.98. The molecule has 1 amide bonds. The molecule has 0 aliphatic heterocycles. The highest BCUT2D eigenvalue weighted by atomic mass is 16.1. The van der Waals surface area contributed by atoms with Crippen molar-refractivity contribution in [1.82, 2.24) is 24.8 Å². The van der Waals surface area contributed by atoms with Gasteiger partial charge in [-0.1, -0.05) is 0 Å². The molecule has 0 bridgehead atoms. The van der Waals surface area contributed by atoms with E-state index in [9.17, 15) is 4.79 Å². The molecular weight excluding hydrogens is 326 g/mol. The highest BCUT2D eigenvalue weighted by molar-refractivity contribution is 5.76. The average Bonchev–Trinajstić information content (AvgIpc) is 2.91. The molecule has 0 radical (unpaired) electrons. The summed E-state index contributed by atoms with van der Waals surface area (Å²) in [5.74, 6) is 0.0907. The minimum absolute atomic E-state index is 0.0907. The second-order valence-electron chi connectivity index (χ2n) is 7.59.